The van der Waals surface area contributed by atoms with Gasteiger partial charge in [-0.1, -0.05) is 17.7 Å². The van der Waals surface area contributed by atoms with Crippen molar-refractivity contribution in [3.63, 3.8) is 0 Å². The largest absolute Gasteiger partial charge is 0.288 e. The van der Waals surface area contributed by atoms with E-state index in [0.717, 1.165) is 0 Å². The molecular formula is C13H8ClFN2O2. The zero-order chi connectivity index (χ0) is 13.8. The predicted molar refractivity (Wildman–Crippen MR) is 71.8 cm³/mol. The third-order valence-corrected chi connectivity index (χ3v) is 2.68. The van der Waals surface area contributed by atoms with E-state index < -0.39 is 4.92 Å². The first kappa shape index (κ1) is 13.2. The lowest BCUT2D eigenvalue weighted by atomic mass is 10.2. The van der Waals surface area contributed by atoms with Gasteiger partial charge in [-0.3, -0.25) is 15.1 Å². The number of benzene rings is 2. The number of rotatable bonds is 3. The molecule has 0 saturated heterocycles. The van der Waals surface area contributed by atoms with Crippen molar-refractivity contribution >= 4 is 29.2 Å². The number of nitro groups is 1. The van der Waals surface area contributed by atoms with Crippen molar-refractivity contribution in [1.29, 1.82) is 0 Å². The second-order valence-electron chi connectivity index (χ2n) is 3.70. The molecule has 96 valence electrons. The highest BCUT2D eigenvalue weighted by Crippen LogP contribution is 2.24. The van der Waals surface area contributed by atoms with E-state index in [-0.39, 0.29) is 16.5 Å². The van der Waals surface area contributed by atoms with Crippen LogP contribution >= 0.6 is 11.6 Å². The van der Waals surface area contributed by atoms with E-state index in [1.54, 1.807) is 6.07 Å². The lowest BCUT2D eigenvalue weighted by molar-refractivity contribution is -0.384. The summed E-state index contributed by atoms with van der Waals surface area (Å²) in [6.07, 6.45) is 1.45. The van der Waals surface area contributed by atoms with E-state index in [0.29, 0.717) is 11.3 Å². The van der Waals surface area contributed by atoms with Crippen LogP contribution in [-0.2, 0) is 0 Å². The number of nitrogens with zero attached hydrogens (tertiary/aromatic N) is 2. The van der Waals surface area contributed by atoms with Crippen LogP contribution in [0.5, 0.6) is 0 Å². The van der Waals surface area contributed by atoms with Crippen molar-refractivity contribution in [1.82, 2.24) is 0 Å². The molecule has 0 unspecified atom stereocenters. The first-order chi connectivity index (χ1) is 9.06. The molecule has 0 aliphatic rings. The van der Waals surface area contributed by atoms with Gasteiger partial charge in [-0.2, -0.15) is 0 Å². The summed E-state index contributed by atoms with van der Waals surface area (Å²) in [5.74, 6) is -0.346. The Balaban J connectivity index is 2.26. The minimum Gasteiger partial charge on any atom is -0.258 e. The second-order valence-corrected chi connectivity index (χ2v) is 4.11. The van der Waals surface area contributed by atoms with Crippen molar-refractivity contribution in [2.75, 3.05) is 0 Å². The summed E-state index contributed by atoms with van der Waals surface area (Å²) < 4.78 is 12.7. The summed E-state index contributed by atoms with van der Waals surface area (Å²) in [6.45, 7) is 0. The Bertz CT molecular complexity index is 642. The van der Waals surface area contributed by atoms with Crippen LogP contribution in [0.4, 0.5) is 15.8 Å². The minimum absolute atomic E-state index is 0.0731. The van der Waals surface area contributed by atoms with Crippen molar-refractivity contribution in [2.24, 2.45) is 4.99 Å². The Morgan fingerprint density at radius 1 is 1.21 bits per heavy atom. The molecule has 0 spiro atoms. The molecule has 0 fully saturated rings. The molecule has 6 heteroatoms. The molecule has 0 aliphatic heterocycles. The molecule has 0 saturated carbocycles. The number of halogens is 2. The Labute approximate surface area is 113 Å². The van der Waals surface area contributed by atoms with Crippen LogP contribution in [0.25, 0.3) is 0 Å². The Hall–Kier alpha value is -2.27. The molecule has 0 aliphatic carbocycles. The normalized spacial score (nSPS) is 10.8. The molecule has 0 atom stereocenters. The summed E-state index contributed by atoms with van der Waals surface area (Å²) in [4.78, 5) is 14.3. The number of aliphatic imine (C=N–C) groups is 1. The predicted octanol–water partition coefficient (Wildman–Crippen LogP) is 4.14. The van der Waals surface area contributed by atoms with Crippen molar-refractivity contribution < 1.29 is 9.31 Å². The van der Waals surface area contributed by atoms with Crippen LogP contribution < -0.4 is 0 Å². The maximum Gasteiger partial charge on any atom is 0.288 e. The van der Waals surface area contributed by atoms with E-state index >= 15 is 0 Å². The van der Waals surface area contributed by atoms with E-state index in [2.05, 4.69) is 4.99 Å². The van der Waals surface area contributed by atoms with Gasteiger partial charge in [0.1, 0.15) is 10.8 Å². The van der Waals surface area contributed by atoms with E-state index in [1.807, 2.05) is 0 Å². The lowest BCUT2D eigenvalue weighted by Gasteiger charge is -1.97. The zero-order valence-corrected chi connectivity index (χ0v) is 10.3. The molecule has 0 amide bonds. The molecule has 0 heterocycles. The molecule has 19 heavy (non-hydrogen) atoms. The van der Waals surface area contributed by atoms with Gasteiger partial charge in [-0.05, 0) is 35.9 Å². The molecule has 0 bridgehead atoms. The highest BCUT2D eigenvalue weighted by atomic mass is 35.5. The van der Waals surface area contributed by atoms with E-state index in [4.69, 9.17) is 11.6 Å². The van der Waals surface area contributed by atoms with Gasteiger partial charge in [0.2, 0.25) is 0 Å². The highest BCUT2D eigenvalue weighted by Gasteiger charge is 2.11. The standard InChI is InChI=1S/C13H8ClFN2O2/c14-12-6-1-9(7-13(12)17(18)19)8-16-11-4-2-10(15)3-5-11/h1-8H. The summed E-state index contributed by atoms with van der Waals surface area (Å²) in [7, 11) is 0. The summed E-state index contributed by atoms with van der Waals surface area (Å²) >= 11 is 5.70. The van der Waals surface area contributed by atoms with Crippen LogP contribution in [0.2, 0.25) is 5.02 Å². The van der Waals surface area contributed by atoms with Gasteiger partial charge in [0.05, 0.1) is 10.6 Å². The zero-order valence-electron chi connectivity index (χ0n) is 9.59. The highest BCUT2D eigenvalue weighted by molar-refractivity contribution is 6.32. The summed E-state index contributed by atoms with van der Waals surface area (Å²) in [6, 6.07) is 9.98. The SMILES string of the molecule is O=[N+]([O-])c1cc(C=Nc2ccc(F)cc2)ccc1Cl. The number of hydrogen-bond acceptors (Lipinski definition) is 3. The third kappa shape index (κ3) is 3.35. The molecular weight excluding hydrogens is 271 g/mol. The van der Waals surface area contributed by atoms with Gasteiger partial charge in [-0.25, -0.2) is 4.39 Å². The fraction of sp³-hybridized carbons (Fsp3) is 0. The van der Waals surface area contributed by atoms with Crippen molar-refractivity contribution in [3.8, 4) is 0 Å². The number of hydrogen-bond donors (Lipinski definition) is 0. The fourth-order valence-electron chi connectivity index (χ4n) is 1.43. The molecule has 4 nitrogen and oxygen atoms in total. The quantitative estimate of drug-likeness (QED) is 0.481. The average Bonchev–Trinajstić information content (AvgIpc) is 2.39. The van der Waals surface area contributed by atoms with Crippen LogP contribution in [-0.4, -0.2) is 11.1 Å². The smallest absolute Gasteiger partial charge is 0.258 e. The monoisotopic (exact) mass is 278 g/mol. The molecule has 0 N–H and O–H groups in total. The maximum absolute atomic E-state index is 12.7. The van der Waals surface area contributed by atoms with Gasteiger partial charge < -0.3 is 0 Å². The molecule has 2 aromatic rings. The van der Waals surface area contributed by atoms with Crippen LogP contribution in [0.3, 0.4) is 0 Å². The molecule has 2 rings (SSSR count). The van der Waals surface area contributed by atoms with Crippen LogP contribution in [0, 0.1) is 15.9 Å². The summed E-state index contributed by atoms with van der Waals surface area (Å²) in [5, 5.41) is 10.8. The first-order valence-electron chi connectivity index (χ1n) is 5.30. The van der Waals surface area contributed by atoms with Gasteiger partial charge in [0, 0.05) is 12.3 Å². The van der Waals surface area contributed by atoms with Crippen LogP contribution in [0.15, 0.2) is 47.5 Å². The molecule has 0 aromatic heterocycles. The minimum atomic E-state index is -0.558. The second kappa shape index (κ2) is 5.58. The average molecular weight is 279 g/mol. The van der Waals surface area contributed by atoms with E-state index in [9.17, 15) is 14.5 Å². The topological polar surface area (TPSA) is 55.5 Å². The Kier molecular flexibility index (Phi) is 3.87. The van der Waals surface area contributed by atoms with Gasteiger partial charge in [-0.15, -0.1) is 0 Å². The van der Waals surface area contributed by atoms with Gasteiger partial charge in [0.25, 0.3) is 5.69 Å². The molecule has 0 radical (unpaired) electrons. The Morgan fingerprint density at radius 2 is 1.89 bits per heavy atom. The summed E-state index contributed by atoms with van der Waals surface area (Å²) in [5.41, 5.74) is 0.921. The van der Waals surface area contributed by atoms with Gasteiger partial charge in [0.15, 0.2) is 0 Å². The fourth-order valence-corrected chi connectivity index (χ4v) is 1.61. The van der Waals surface area contributed by atoms with E-state index in [1.165, 1.54) is 42.6 Å². The lowest BCUT2D eigenvalue weighted by Crippen LogP contribution is -1.91. The number of nitro benzene ring substituents is 1. The van der Waals surface area contributed by atoms with Crippen molar-refractivity contribution in [2.45, 2.75) is 0 Å². The van der Waals surface area contributed by atoms with Crippen molar-refractivity contribution in [3.05, 3.63) is 69.0 Å². The maximum atomic E-state index is 12.7. The third-order valence-electron chi connectivity index (χ3n) is 2.36. The van der Waals surface area contributed by atoms with Crippen LogP contribution in [0.1, 0.15) is 5.56 Å². The molecule has 2 aromatic carbocycles. The Morgan fingerprint density at radius 3 is 2.53 bits per heavy atom. The first-order valence-corrected chi connectivity index (χ1v) is 5.67. The van der Waals surface area contributed by atoms with Gasteiger partial charge >= 0.3 is 0 Å².